The number of fused-ring (bicyclic) bond motifs is 1. The standard InChI is InChI=1S/C28H29N3O6S2/c1-4-37-28(34)24-22-12-11-16(2)13-23(22)39-27(24)30-25(32)17(3)38-21-10-6-8-19(15-21)29-26(33)18-7-5-9-20(14-18)31(35)36/h5-10,14-17H,4,11-13H2,1-3H3,(H,29,33)(H,30,32). The molecule has 2 N–H and O–H groups in total. The van der Waals surface area contributed by atoms with E-state index in [4.69, 9.17) is 4.74 Å². The lowest BCUT2D eigenvalue weighted by molar-refractivity contribution is -0.384. The van der Waals surface area contributed by atoms with Crippen molar-refractivity contribution in [2.24, 2.45) is 5.92 Å². The molecular formula is C28H29N3O6S2. The van der Waals surface area contributed by atoms with Gasteiger partial charge < -0.3 is 15.4 Å². The summed E-state index contributed by atoms with van der Waals surface area (Å²) < 4.78 is 5.30. The molecule has 1 aromatic heterocycles. The Labute approximate surface area is 234 Å². The zero-order valence-corrected chi connectivity index (χ0v) is 23.4. The number of ether oxygens (including phenoxy) is 1. The zero-order chi connectivity index (χ0) is 28.1. The van der Waals surface area contributed by atoms with Gasteiger partial charge in [0, 0.05) is 33.2 Å². The van der Waals surface area contributed by atoms with Gasteiger partial charge in [0.1, 0.15) is 5.00 Å². The third-order valence-corrected chi connectivity index (χ3v) is 8.58. The van der Waals surface area contributed by atoms with Gasteiger partial charge in [0.25, 0.3) is 11.6 Å². The van der Waals surface area contributed by atoms with E-state index in [1.807, 2.05) is 6.07 Å². The van der Waals surface area contributed by atoms with Crippen LogP contribution < -0.4 is 10.6 Å². The average Bonchev–Trinajstić information content (AvgIpc) is 3.25. The van der Waals surface area contributed by atoms with Crippen LogP contribution in [-0.4, -0.2) is 34.6 Å². The molecule has 0 bridgehead atoms. The zero-order valence-electron chi connectivity index (χ0n) is 21.8. The van der Waals surface area contributed by atoms with E-state index in [0.717, 1.165) is 34.6 Å². The van der Waals surface area contributed by atoms with Gasteiger partial charge in [-0.25, -0.2) is 4.79 Å². The van der Waals surface area contributed by atoms with Gasteiger partial charge in [-0.15, -0.1) is 23.1 Å². The fourth-order valence-corrected chi connectivity index (χ4v) is 6.67. The number of thiophene rings is 1. The molecule has 1 aliphatic rings. The number of amides is 2. The summed E-state index contributed by atoms with van der Waals surface area (Å²) in [6.07, 6.45) is 2.65. The molecule has 1 heterocycles. The van der Waals surface area contributed by atoms with Gasteiger partial charge in [0.05, 0.1) is 22.3 Å². The molecule has 3 aromatic rings. The molecule has 39 heavy (non-hydrogen) atoms. The molecule has 2 atom stereocenters. The third-order valence-electron chi connectivity index (χ3n) is 6.32. The summed E-state index contributed by atoms with van der Waals surface area (Å²) in [4.78, 5) is 50.9. The molecule has 204 valence electrons. The van der Waals surface area contributed by atoms with Crippen molar-refractivity contribution in [3.63, 3.8) is 0 Å². The van der Waals surface area contributed by atoms with E-state index < -0.39 is 22.0 Å². The van der Waals surface area contributed by atoms with E-state index in [1.165, 1.54) is 47.4 Å². The average molecular weight is 568 g/mol. The SMILES string of the molecule is CCOC(=O)c1c(NC(=O)C(C)Sc2cccc(NC(=O)c3cccc([N+](=O)[O-])c3)c2)sc2c1CCC(C)C2. The number of carbonyl (C=O) groups excluding carboxylic acids is 3. The number of esters is 1. The highest BCUT2D eigenvalue weighted by molar-refractivity contribution is 8.00. The molecule has 4 rings (SSSR count). The van der Waals surface area contributed by atoms with E-state index in [9.17, 15) is 24.5 Å². The molecule has 2 amide bonds. The normalized spacial score (nSPS) is 15.1. The fourth-order valence-electron chi connectivity index (χ4n) is 4.34. The predicted octanol–water partition coefficient (Wildman–Crippen LogP) is 6.33. The molecule has 0 aliphatic heterocycles. The molecule has 0 radical (unpaired) electrons. The predicted molar refractivity (Wildman–Crippen MR) is 153 cm³/mol. The van der Waals surface area contributed by atoms with E-state index in [0.29, 0.717) is 22.2 Å². The summed E-state index contributed by atoms with van der Waals surface area (Å²) in [5.74, 6) is -0.612. The maximum Gasteiger partial charge on any atom is 0.341 e. The number of benzene rings is 2. The van der Waals surface area contributed by atoms with Crippen molar-refractivity contribution in [3.8, 4) is 0 Å². The Hall–Kier alpha value is -3.70. The Bertz CT molecular complexity index is 1420. The first-order chi connectivity index (χ1) is 18.7. The molecule has 2 aromatic carbocycles. The third kappa shape index (κ3) is 6.85. The van der Waals surface area contributed by atoms with E-state index in [1.54, 1.807) is 32.0 Å². The summed E-state index contributed by atoms with van der Waals surface area (Å²) in [7, 11) is 0. The van der Waals surface area contributed by atoms with E-state index >= 15 is 0 Å². The van der Waals surface area contributed by atoms with Crippen molar-refractivity contribution in [2.75, 3.05) is 17.2 Å². The summed E-state index contributed by atoms with van der Waals surface area (Å²) in [6, 6.07) is 12.5. The molecule has 11 heteroatoms. The molecule has 1 aliphatic carbocycles. The van der Waals surface area contributed by atoms with Gasteiger partial charge in [-0.3, -0.25) is 19.7 Å². The van der Waals surface area contributed by atoms with Crippen molar-refractivity contribution in [1.82, 2.24) is 0 Å². The Kier molecular flexibility index (Phi) is 9.03. The van der Waals surface area contributed by atoms with Crippen molar-refractivity contribution < 1.29 is 24.0 Å². The topological polar surface area (TPSA) is 128 Å². The number of nitro groups is 1. The quantitative estimate of drug-likeness (QED) is 0.134. The monoisotopic (exact) mass is 567 g/mol. The summed E-state index contributed by atoms with van der Waals surface area (Å²) in [5.41, 5.74) is 1.95. The number of hydrogen-bond donors (Lipinski definition) is 2. The number of nitro benzene ring substituents is 1. The molecule has 0 spiro atoms. The maximum atomic E-state index is 13.2. The number of carbonyl (C=O) groups is 3. The Morgan fingerprint density at radius 2 is 1.95 bits per heavy atom. The van der Waals surface area contributed by atoms with Crippen molar-refractivity contribution in [2.45, 2.75) is 50.2 Å². The van der Waals surface area contributed by atoms with Gasteiger partial charge in [0.2, 0.25) is 5.91 Å². The second-order valence-electron chi connectivity index (χ2n) is 9.32. The lowest BCUT2D eigenvalue weighted by Crippen LogP contribution is -2.23. The lowest BCUT2D eigenvalue weighted by atomic mass is 9.88. The molecule has 0 saturated heterocycles. The van der Waals surface area contributed by atoms with Crippen LogP contribution in [0.2, 0.25) is 0 Å². The second-order valence-corrected chi connectivity index (χ2v) is 11.8. The van der Waals surface area contributed by atoms with Crippen LogP contribution in [0.3, 0.4) is 0 Å². The number of hydrogen-bond acceptors (Lipinski definition) is 8. The van der Waals surface area contributed by atoms with Crippen LogP contribution in [0.1, 0.15) is 58.3 Å². The first kappa shape index (κ1) is 28.3. The first-order valence-electron chi connectivity index (χ1n) is 12.6. The molecular weight excluding hydrogens is 538 g/mol. The lowest BCUT2D eigenvalue weighted by Gasteiger charge is -2.18. The largest absolute Gasteiger partial charge is 0.462 e. The van der Waals surface area contributed by atoms with Crippen LogP contribution in [0.5, 0.6) is 0 Å². The van der Waals surface area contributed by atoms with Crippen molar-refractivity contribution >= 4 is 57.3 Å². The number of nitrogens with zero attached hydrogens (tertiary/aromatic N) is 1. The number of thioether (sulfide) groups is 1. The smallest absolute Gasteiger partial charge is 0.341 e. The molecule has 9 nitrogen and oxygen atoms in total. The van der Waals surface area contributed by atoms with Crippen LogP contribution in [-0.2, 0) is 22.4 Å². The van der Waals surface area contributed by atoms with Crippen LogP contribution in [0.15, 0.2) is 53.4 Å². The van der Waals surface area contributed by atoms with Gasteiger partial charge in [0.15, 0.2) is 0 Å². The Morgan fingerprint density at radius 3 is 2.69 bits per heavy atom. The highest BCUT2D eigenvalue weighted by atomic mass is 32.2. The number of rotatable bonds is 9. The Morgan fingerprint density at radius 1 is 1.18 bits per heavy atom. The van der Waals surface area contributed by atoms with Gasteiger partial charge in [-0.1, -0.05) is 19.1 Å². The van der Waals surface area contributed by atoms with E-state index in [-0.39, 0.29) is 23.8 Å². The van der Waals surface area contributed by atoms with Crippen LogP contribution in [0.4, 0.5) is 16.4 Å². The minimum Gasteiger partial charge on any atom is -0.462 e. The number of nitrogens with one attached hydrogen (secondary N) is 2. The van der Waals surface area contributed by atoms with Crippen LogP contribution >= 0.6 is 23.1 Å². The highest BCUT2D eigenvalue weighted by Gasteiger charge is 2.30. The fraction of sp³-hybridized carbons (Fsp3) is 0.321. The van der Waals surface area contributed by atoms with Gasteiger partial charge >= 0.3 is 5.97 Å². The van der Waals surface area contributed by atoms with Crippen LogP contribution in [0.25, 0.3) is 0 Å². The van der Waals surface area contributed by atoms with Gasteiger partial charge in [-0.05, 0) is 68.9 Å². The highest BCUT2D eigenvalue weighted by Crippen LogP contribution is 2.40. The molecule has 0 saturated carbocycles. The maximum absolute atomic E-state index is 13.2. The minimum absolute atomic E-state index is 0.167. The molecule has 0 fully saturated rings. The number of anilines is 2. The second kappa shape index (κ2) is 12.4. The Balaban J connectivity index is 1.45. The molecule has 2 unspecified atom stereocenters. The summed E-state index contributed by atoms with van der Waals surface area (Å²) >= 11 is 2.76. The van der Waals surface area contributed by atoms with E-state index in [2.05, 4.69) is 17.6 Å². The first-order valence-corrected chi connectivity index (χ1v) is 14.3. The van der Waals surface area contributed by atoms with Crippen LogP contribution in [0, 0.1) is 16.0 Å². The van der Waals surface area contributed by atoms with Crippen molar-refractivity contribution in [1.29, 1.82) is 0 Å². The number of non-ortho nitro benzene ring substituents is 1. The van der Waals surface area contributed by atoms with Crippen molar-refractivity contribution in [3.05, 3.63) is 80.2 Å². The minimum atomic E-state index is -0.553. The summed E-state index contributed by atoms with van der Waals surface area (Å²) in [6.45, 7) is 5.97. The summed E-state index contributed by atoms with van der Waals surface area (Å²) in [5, 5.41) is 16.7. The van der Waals surface area contributed by atoms with Gasteiger partial charge in [-0.2, -0.15) is 0 Å².